The first kappa shape index (κ1) is 10.6. The number of benzene rings is 1. The molecular formula is C14H14ClN2+. The lowest BCUT2D eigenvalue weighted by molar-refractivity contribution is -0.671. The minimum absolute atomic E-state index is 0.796. The molecule has 86 valence electrons. The maximum Gasteiger partial charge on any atom is 0.277 e. The van der Waals surface area contributed by atoms with Crippen LogP contribution in [0.1, 0.15) is 5.56 Å². The number of hydrogen-bond donors (Lipinski definition) is 0. The van der Waals surface area contributed by atoms with Crippen LogP contribution >= 0.6 is 11.6 Å². The number of anilines is 1. The van der Waals surface area contributed by atoms with Crippen molar-refractivity contribution in [2.45, 2.75) is 13.1 Å². The van der Waals surface area contributed by atoms with Gasteiger partial charge in [-0.15, -0.1) is 0 Å². The SMILES string of the molecule is Clc1ccc(CN2CC[n+]3ccccc32)cc1. The van der Waals surface area contributed by atoms with Crippen LogP contribution in [0.4, 0.5) is 5.82 Å². The van der Waals surface area contributed by atoms with Gasteiger partial charge in [-0.25, -0.2) is 4.57 Å². The van der Waals surface area contributed by atoms with Crippen molar-refractivity contribution in [1.82, 2.24) is 0 Å². The van der Waals surface area contributed by atoms with E-state index in [1.54, 1.807) is 0 Å². The molecule has 17 heavy (non-hydrogen) atoms. The molecule has 0 saturated carbocycles. The number of fused-ring (bicyclic) bond motifs is 1. The van der Waals surface area contributed by atoms with Gasteiger partial charge in [0.1, 0.15) is 19.6 Å². The Balaban J connectivity index is 1.81. The van der Waals surface area contributed by atoms with E-state index in [1.807, 2.05) is 12.1 Å². The molecule has 0 unspecified atom stereocenters. The Bertz CT molecular complexity index is 522. The summed E-state index contributed by atoms with van der Waals surface area (Å²) in [5.41, 5.74) is 1.30. The van der Waals surface area contributed by atoms with Crippen molar-refractivity contribution in [3.05, 3.63) is 59.2 Å². The monoisotopic (exact) mass is 245 g/mol. The largest absolute Gasteiger partial charge is 0.277 e. The molecule has 0 amide bonds. The van der Waals surface area contributed by atoms with E-state index in [0.717, 1.165) is 24.7 Å². The Morgan fingerprint density at radius 2 is 1.94 bits per heavy atom. The average Bonchev–Trinajstić information content (AvgIpc) is 2.76. The van der Waals surface area contributed by atoms with Gasteiger partial charge in [0.05, 0.1) is 6.20 Å². The lowest BCUT2D eigenvalue weighted by Crippen LogP contribution is -2.30. The van der Waals surface area contributed by atoms with E-state index in [-0.39, 0.29) is 0 Å². The van der Waals surface area contributed by atoms with Gasteiger partial charge < -0.3 is 0 Å². The Hall–Kier alpha value is -1.54. The molecule has 2 heterocycles. The molecule has 1 aliphatic rings. The number of nitrogens with zero attached hydrogens (tertiary/aromatic N) is 2. The van der Waals surface area contributed by atoms with Gasteiger partial charge in [-0.05, 0) is 23.8 Å². The van der Waals surface area contributed by atoms with Gasteiger partial charge in [-0.1, -0.05) is 29.8 Å². The number of aromatic nitrogens is 1. The highest BCUT2D eigenvalue weighted by molar-refractivity contribution is 6.30. The van der Waals surface area contributed by atoms with E-state index in [9.17, 15) is 0 Å². The molecule has 1 aromatic carbocycles. The topological polar surface area (TPSA) is 7.12 Å². The molecule has 0 aliphatic carbocycles. The van der Waals surface area contributed by atoms with Crippen LogP contribution < -0.4 is 9.47 Å². The summed E-state index contributed by atoms with van der Waals surface area (Å²) in [5.74, 6) is 1.29. The van der Waals surface area contributed by atoms with Crippen molar-refractivity contribution >= 4 is 17.4 Å². The maximum atomic E-state index is 5.89. The summed E-state index contributed by atoms with van der Waals surface area (Å²) in [6, 6.07) is 14.4. The van der Waals surface area contributed by atoms with E-state index < -0.39 is 0 Å². The molecule has 0 atom stereocenters. The van der Waals surface area contributed by atoms with Crippen molar-refractivity contribution < 1.29 is 4.57 Å². The molecule has 0 saturated heterocycles. The standard InChI is InChI=1S/C14H14ClN2/c15-13-6-4-12(5-7-13)11-17-10-9-16-8-2-1-3-14(16)17/h1-8H,9-11H2/q+1. The smallest absolute Gasteiger partial charge is 0.253 e. The molecule has 1 aliphatic heterocycles. The van der Waals surface area contributed by atoms with Gasteiger partial charge in [0.25, 0.3) is 5.82 Å². The zero-order valence-electron chi connectivity index (χ0n) is 9.51. The molecule has 0 spiro atoms. The highest BCUT2D eigenvalue weighted by atomic mass is 35.5. The summed E-state index contributed by atoms with van der Waals surface area (Å²) >= 11 is 5.89. The third-order valence-electron chi connectivity index (χ3n) is 3.14. The Kier molecular flexibility index (Phi) is 2.73. The average molecular weight is 246 g/mol. The van der Waals surface area contributed by atoms with Crippen LogP contribution in [0.5, 0.6) is 0 Å². The van der Waals surface area contributed by atoms with Gasteiger partial charge in [0.15, 0.2) is 0 Å². The van der Waals surface area contributed by atoms with E-state index in [1.165, 1.54) is 11.4 Å². The number of hydrogen-bond acceptors (Lipinski definition) is 1. The quantitative estimate of drug-likeness (QED) is 0.738. The molecule has 0 N–H and O–H groups in total. The minimum atomic E-state index is 0.796. The third kappa shape index (κ3) is 2.13. The minimum Gasteiger partial charge on any atom is -0.253 e. The fraction of sp³-hybridized carbons (Fsp3) is 0.214. The van der Waals surface area contributed by atoms with Crippen LogP contribution in [0.25, 0.3) is 0 Å². The van der Waals surface area contributed by atoms with Crippen LogP contribution in [0.3, 0.4) is 0 Å². The molecule has 0 bridgehead atoms. The van der Waals surface area contributed by atoms with E-state index in [2.05, 4.69) is 46.0 Å². The van der Waals surface area contributed by atoms with Crippen molar-refractivity contribution in [3.63, 3.8) is 0 Å². The van der Waals surface area contributed by atoms with Crippen molar-refractivity contribution in [2.75, 3.05) is 11.4 Å². The second-order valence-corrected chi connectivity index (χ2v) is 4.74. The van der Waals surface area contributed by atoms with Gasteiger partial charge in [-0.3, -0.25) is 4.90 Å². The first-order valence-electron chi connectivity index (χ1n) is 5.81. The summed E-state index contributed by atoms with van der Waals surface area (Å²) in [7, 11) is 0. The summed E-state index contributed by atoms with van der Waals surface area (Å²) in [4.78, 5) is 2.39. The Morgan fingerprint density at radius 1 is 1.12 bits per heavy atom. The number of halogens is 1. The second kappa shape index (κ2) is 4.38. The van der Waals surface area contributed by atoms with Gasteiger partial charge in [-0.2, -0.15) is 0 Å². The molecule has 2 aromatic rings. The zero-order valence-corrected chi connectivity index (χ0v) is 10.3. The van der Waals surface area contributed by atoms with E-state index >= 15 is 0 Å². The van der Waals surface area contributed by atoms with Crippen LogP contribution in [-0.4, -0.2) is 6.54 Å². The fourth-order valence-electron chi connectivity index (χ4n) is 2.26. The first-order valence-corrected chi connectivity index (χ1v) is 6.18. The molecular weight excluding hydrogens is 232 g/mol. The van der Waals surface area contributed by atoms with Gasteiger partial charge in [0.2, 0.25) is 0 Å². The fourth-order valence-corrected chi connectivity index (χ4v) is 2.38. The summed E-state index contributed by atoms with van der Waals surface area (Å²) in [5, 5.41) is 0.796. The molecule has 1 aromatic heterocycles. The number of rotatable bonds is 2. The lowest BCUT2D eigenvalue weighted by atomic mass is 10.2. The van der Waals surface area contributed by atoms with Gasteiger partial charge in [0, 0.05) is 11.1 Å². The van der Waals surface area contributed by atoms with E-state index in [4.69, 9.17) is 11.6 Å². The third-order valence-corrected chi connectivity index (χ3v) is 3.39. The highest BCUT2D eigenvalue weighted by Gasteiger charge is 2.26. The van der Waals surface area contributed by atoms with Crippen molar-refractivity contribution in [2.24, 2.45) is 0 Å². The van der Waals surface area contributed by atoms with Crippen LogP contribution in [-0.2, 0) is 13.1 Å². The number of pyridine rings is 1. The Labute approximate surface area is 106 Å². The van der Waals surface area contributed by atoms with Crippen molar-refractivity contribution in [1.29, 1.82) is 0 Å². The maximum absolute atomic E-state index is 5.89. The predicted octanol–water partition coefficient (Wildman–Crippen LogP) is 2.65. The Morgan fingerprint density at radius 3 is 2.76 bits per heavy atom. The summed E-state index contributed by atoms with van der Waals surface area (Å²) < 4.78 is 2.29. The predicted molar refractivity (Wildman–Crippen MR) is 69.1 cm³/mol. The first-order chi connectivity index (χ1) is 8.33. The summed E-state index contributed by atoms with van der Waals surface area (Å²) in [6.45, 7) is 3.09. The summed E-state index contributed by atoms with van der Waals surface area (Å²) in [6.07, 6.45) is 2.14. The molecule has 0 radical (unpaired) electrons. The highest BCUT2D eigenvalue weighted by Crippen LogP contribution is 2.17. The molecule has 3 heteroatoms. The van der Waals surface area contributed by atoms with Crippen molar-refractivity contribution in [3.8, 4) is 0 Å². The molecule has 3 rings (SSSR count). The zero-order chi connectivity index (χ0) is 11.7. The second-order valence-electron chi connectivity index (χ2n) is 4.30. The van der Waals surface area contributed by atoms with Crippen LogP contribution in [0.15, 0.2) is 48.7 Å². The van der Waals surface area contributed by atoms with E-state index in [0.29, 0.717) is 0 Å². The van der Waals surface area contributed by atoms with Gasteiger partial charge >= 0.3 is 0 Å². The van der Waals surface area contributed by atoms with Crippen LogP contribution in [0.2, 0.25) is 5.02 Å². The normalized spacial score (nSPS) is 13.8. The van der Waals surface area contributed by atoms with Crippen LogP contribution in [0, 0.1) is 0 Å². The molecule has 2 nitrogen and oxygen atoms in total. The molecule has 0 fully saturated rings. The lowest BCUT2D eigenvalue weighted by Gasteiger charge is -2.10.